The van der Waals surface area contributed by atoms with Crippen LogP contribution in [0.4, 0.5) is 0 Å². The third kappa shape index (κ3) is 20.0. The number of carbonyl (C=O) groups is 9. The molecule has 21 N–H and O–H groups in total. The van der Waals surface area contributed by atoms with E-state index in [-0.39, 0.29) is 48.6 Å². The molecule has 2 fully saturated rings. The lowest BCUT2D eigenvalue weighted by molar-refractivity contribution is -0.334. The number of carbonyl (C=O) groups excluding carboxylic acids is 8. The van der Waals surface area contributed by atoms with Crippen LogP contribution < -0.4 is 62.9 Å². The average Bonchev–Trinajstić information content (AvgIpc) is 0.765. The first kappa shape index (κ1) is 89.2. The van der Waals surface area contributed by atoms with E-state index in [0.29, 0.717) is 10.6 Å². The molecule has 7 heterocycles. The maximum atomic E-state index is 16.2. The minimum Gasteiger partial charge on any atom is -0.508 e. The molecule has 2 saturated heterocycles. The number of aliphatic hydroxyl groups excluding tert-OH is 6. The minimum absolute atomic E-state index is 0.0537. The number of rotatable bonds is 20. The van der Waals surface area contributed by atoms with Crippen LogP contribution in [0, 0.1) is 5.92 Å². The number of carboxylic acid groups (broad SMARTS) is 1. The molecule has 7 aliphatic rings. The number of halogens is 3. The fourth-order valence-electron chi connectivity index (χ4n) is 14.7. The monoisotopic (exact) mass is 1740 g/mol. The van der Waals surface area contributed by atoms with Crippen molar-refractivity contribution in [2.24, 2.45) is 17.4 Å². The number of hydrogen-bond donors (Lipinski definition) is 19. The highest BCUT2D eigenvalue weighted by molar-refractivity contribution is 6.32. The van der Waals surface area contributed by atoms with E-state index in [9.17, 15) is 79.8 Å². The average molecular weight is 1740 g/mol. The third-order valence-electron chi connectivity index (χ3n) is 21.2. The van der Waals surface area contributed by atoms with E-state index in [2.05, 4.69) is 37.2 Å². The minimum atomic E-state index is -2.40. The van der Waals surface area contributed by atoms with Gasteiger partial charge in [0.15, 0.2) is 36.0 Å². The smallest absolute Gasteiger partial charge is 0.336 e. The van der Waals surface area contributed by atoms with Crippen molar-refractivity contribution in [2.45, 2.75) is 169 Å². The van der Waals surface area contributed by atoms with Crippen LogP contribution in [0.5, 0.6) is 46.0 Å². The van der Waals surface area contributed by atoms with Gasteiger partial charge in [-0.2, -0.15) is 0 Å². The molecule has 7 aromatic rings. The number of phenolic OH excluding ortho intramolecular Hbond substituents is 3. The van der Waals surface area contributed by atoms with Crippen LogP contribution in [0.3, 0.4) is 0 Å². The van der Waals surface area contributed by atoms with Crippen molar-refractivity contribution < 1.29 is 132 Å². The summed E-state index contributed by atoms with van der Waals surface area (Å²) in [5.41, 5.74) is 9.96. The number of aliphatic hydroxyl groups is 6. The van der Waals surface area contributed by atoms with Gasteiger partial charge >= 0.3 is 11.9 Å². The molecule has 0 aliphatic carbocycles. The number of fused-ring (bicyclic) bond motifs is 15. The number of esters is 1. The lowest BCUT2D eigenvalue weighted by Crippen LogP contribution is -2.66. The molecule has 36 nitrogen and oxygen atoms in total. The van der Waals surface area contributed by atoms with Gasteiger partial charge in [0.25, 0.3) is 0 Å². The van der Waals surface area contributed by atoms with E-state index in [1.807, 2.05) is 36.4 Å². The number of ether oxygens (including phenoxy) is 8. The van der Waals surface area contributed by atoms with E-state index >= 15 is 14.4 Å². The molecule has 39 heteroatoms. The lowest BCUT2D eigenvalue weighted by Gasteiger charge is -2.48. The predicted octanol–water partition coefficient (Wildman–Crippen LogP) is 3.56. The predicted molar refractivity (Wildman–Crippen MR) is 426 cm³/mol. The summed E-state index contributed by atoms with van der Waals surface area (Å²) in [7, 11) is 1.16. The zero-order valence-electron chi connectivity index (χ0n) is 65.0. The van der Waals surface area contributed by atoms with Gasteiger partial charge in [-0.25, -0.2) is 9.59 Å². The maximum absolute atomic E-state index is 16.2. The van der Waals surface area contributed by atoms with Gasteiger partial charge in [-0.1, -0.05) is 103 Å². The van der Waals surface area contributed by atoms with Gasteiger partial charge < -0.3 is 138 Å². The quantitative estimate of drug-likeness (QED) is 0.0485. The molecule has 0 aromatic heterocycles. The summed E-state index contributed by atoms with van der Waals surface area (Å²) >= 11 is 20.4. The second kappa shape index (κ2) is 37.5. The fraction of sp³-hybridized carbons (Fsp3) is 0.378. The number of aromatic hydroxyl groups is 3. The topological polar surface area (TPSA) is 566 Å². The Bertz CT molecular complexity index is 5110. The zero-order valence-corrected chi connectivity index (χ0v) is 67.3. The highest BCUT2D eigenvalue weighted by Crippen LogP contribution is 2.50. The Morgan fingerprint density at radius 3 is 1.88 bits per heavy atom. The number of benzene rings is 7. The number of methoxy groups -OCH3 is 1. The number of amides is 7. The maximum Gasteiger partial charge on any atom is 0.336 e. The number of phenols is 3. The SMILES string of the molecule is COC(=O)C(CNC1(C)CC(OC2C(Oc3c4cc5cc3Oc3ccc(cc3Cl)[C@@H](O)[C@@H]3NC(=O)C(NC(=O)[C@@H]5NC(=O)[C@H](CC(N)=O)NC(=O)C(NC(=O)[C@H](N)CC(C)C)[C@H](O)c5ccc(c(Cl)c5)O4)c4ccc(O)c(c4)-c4c(O)cc(O)cc4[C@H](C(=O)O)NC3=O)OC(CO)C(O)C2O)OC(C)C1O)OCc1ccc(-c2ccc(Cl)cc2)cc1. The highest BCUT2D eigenvalue weighted by Gasteiger charge is 2.53. The second-order valence-electron chi connectivity index (χ2n) is 30.3. The van der Waals surface area contributed by atoms with Crippen LogP contribution in [0.2, 0.25) is 15.1 Å². The summed E-state index contributed by atoms with van der Waals surface area (Å²) in [4.78, 5) is 131. The highest BCUT2D eigenvalue weighted by atomic mass is 35.5. The molecular formula is C82H88Cl3N9O27. The van der Waals surface area contributed by atoms with Gasteiger partial charge in [-0.05, 0) is 132 Å². The number of nitrogens with two attached hydrogens (primary N) is 2. The van der Waals surface area contributed by atoms with Gasteiger partial charge in [-0.15, -0.1) is 0 Å². The van der Waals surface area contributed by atoms with Crippen molar-refractivity contribution in [3.63, 3.8) is 0 Å². The van der Waals surface area contributed by atoms with Crippen molar-refractivity contribution in [1.82, 2.24) is 37.2 Å². The van der Waals surface area contributed by atoms with E-state index in [1.54, 1.807) is 32.9 Å². The number of aliphatic carboxylic acids is 1. The molecule has 0 spiro atoms. The zero-order chi connectivity index (χ0) is 87.5. The summed E-state index contributed by atoms with van der Waals surface area (Å²) in [5, 5.41) is 134. The van der Waals surface area contributed by atoms with Gasteiger partial charge in [0.05, 0.1) is 55.0 Å². The molecule has 7 aliphatic heterocycles. The van der Waals surface area contributed by atoms with Crippen LogP contribution >= 0.6 is 34.8 Å². The Labute approximate surface area is 704 Å². The number of primary amides is 1. The van der Waals surface area contributed by atoms with Crippen LogP contribution in [0.1, 0.15) is 111 Å². The van der Waals surface area contributed by atoms with E-state index in [4.69, 9.17) is 84.2 Å². The van der Waals surface area contributed by atoms with Crippen molar-refractivity contribution in [3.8, 4) is 68.2 Å². The van der Waals surface area contributed by atoms with Crippen molar-refractivity contribution >= 4 is 88.1 Å². The van der Waals surface area contributed by atoms with E-state index in [0.717, 1.165) is 91.0 Å². The first-order valence-electron chi connectivity index (χ1n) is 38.0. The van der Waals surface area contributed by atoms with Crippen LogP contribution in [-0.2, 0) is 73.4 Å². The molecule has 11 bridgehead atoms. The number of carboxylic acids is 1. The van der Waals surface area contributed by atoms with E-state index < -0.39 is 260 Å². The largest absolute Gasteiger partial charge is 0.508 e. The Morgan fingerprint density at radius 2 is 1.27 bits per heavy atom. The summed E-state index contributed by atoms with van der Waals surface area (Å²) in [6, 6.07) is 13.0. The second-order valence-corrected chi connectivity index (χ2v) is 31.5. The number of nitrogens with one attached hydrogen (secondary N) is 7. The molecule has 7 amide bonds. The molecule has 644 valence electrons. The van der Waals surface area contributed by atoms with Gasteiger partial charge in [-0.3, -0.25) is 33.6 Å². The summed E-state index contributed by atoms with van der Waals surface area (Å²) in [6.45, 7) is 5.17. The van der Waals surface area contributed by atoms with Gasteiger partial charge in [0, 0.05) is 46.3 Å². The first-order chi connectivity index (χ1) is 57.4. The van der Waals surface area contributed by atoms with Crippen LogP contribution in [0.25, 0.3) is 22.3 Å². The van der Waals surface area contributed by atoms with E-state index in [1.165, 1.54) is 13.0 Å². The molecule has 0 saturated carbocycles. The number of hydrogen-bond acceptors (Lipinski definition) is 28. The normalized spacial score (nSPS) is 26.7. The van der Waals surface area contributed by atoms with Crippen LogP contribution in [0.15, 0.2) is 127 Å². The molecule has 12 unspecified atom stereocenters. The lowest BCUT2D eigenvalue weighted by atomic mass is 9.84. The Balaban J connectivity index is 1.01. The molecule has 7 aromatic carbocycles. The molecule has 19 atom stereocenters. The van der Waals surface area contributed by atoms with Crippen molar-refractivity contribution in [2.75, 3.05) is 20.3 Å². The first-order valence-corrected chi connectivity index (χ1v) is 39.1. The van der Waals surface area contributed by atoms with Crippen molar-refractivity contribution in [1.29, 1.82) is 0 Å². The molecule has 14 rings (SSSR count). The van der Waals surface area contributed by atoms with Gasteiger partial charge in [0.2, 0.25) is 53.4 Å². The van der Waals surface area contributed by atoms with Crippen molar-refractivity contribution in [3.05, 3.63) is 176 Å². The van der Waals surface area contributed by atoms with Crippen LogP contribution in [-0.4, -0.2) is 210 Å². The Hall–Kier alpha value is -11.0. The summed E-state index contributed by atoms with van der Waals surface area (Å²) in [6.07, 6.45) is -21.2. The molecule has 121 heavy (non-hydrogen) atoms. The fourth-order valence-corrected chi connectivity index (χ4v) is 15.3. The molecule has 0 radical (unpaired) electrons. The Morgan fingerprint density at radius 1 is 0.669 bits per heavy atom. The summed E-state index contributed by atoms with van der Waals surface area (Å²) < 4.78 is 50.6. The summed E-state index contributed by atoms with van der Waals surface area (Å²) in [5.74, 6) is -17.6. The van der Waals surface area contributed by atoms with Gasteiger partial charge in [0.1, 0.15) is 89.5 Å². The molecular weight excluding hydrogens is 1650 g/mol. The third-order valence-corrected chi connectivity index (χ3v) is 22.0. The Kier molecular flexibility index (Phi) is 27.7. The standard InChI is InChI=1S/C82H88Cl3N9O27/c1-33(2)20-48(86)73(105)93-64-66(100)39-13-18-52(46(84)22-39)117-54-24-41-25-55(70(54)121-81-71(69(103)68(102)57(31-95)119-81)120-59-29-82(4,72(104)34(3)116-59)88-30-56(80(113)114-5)115-32-35-6-8-36(9-7-35)37-10-15-42(83)16-11-37)118-53-19-14-40(23-47(53)85)67(101)65-78(110)92-63(79(111)112)45-26-43(96)27-51(98)60(45)44-21-38(12-17-50(44)97)61(75(107)94-65)91-76(108)62(41)90-74(106)49(28-58(87)99)89-77(64)109/h6-19,21-27,33-34,48-49,56-57,59,61-69,71-72,81,88,95-98,100-104H,20,28-32,86H2,1-5H3,(H2,87,99)(H,89,109)(H,90,106)(H,91,108)(H,92,110)(H,93,105)(H,94,107)(H,111,112)/t34?,48-,49+,56?,57?,59?,61?,62-,63-,64?,65+,66-,67-,68?,69?,71?,72?,81?,82?/m1/s1.